The van der Waals surface area contributed by atoms with Crippen LogP contribution in [0.15, 0.2) is 52.9 Å². The highest BCUT2D eigenvalue weighted by Crippen LogP contribution is 2.29. The van der Waals surface area contributed by atoms with Crippen LogP contribution in [-0.2, 0) is 0 Å². The van der Waals surface area contributed by atoms with Gasteiger partial charge in [-0.2, -0.15) is 4.98 Å². The minimum absolute atomic E-state index is 0.0406. The maximum Gasteiger partial charge on any atom is 0.297 e. The van der Waals surface area contributed by atoms with Crippen LogP contribution in [0.2, 0.25) is 5.02 Å². The molecule has 24 heavy (non-hydrogen) atoms. The van der Waals surface area contributed by atoms with Gasteiger partial charge in [-0.25, -0.2) is 0 Å². The van der Waals surface area contributed by atoms with Gasteiger partial charge in [0.1, 0.15) is 11.7 Å². The average Bonchev–Trinajstić information content (AvgIpc) is 3.21. The Labute approximate surface area is 144 Å². The zero-order chi connectivity index (χ0) is 16.5. The molecule has 2 N–H and O–H groups in total. The zero-order valence-electron chi connectivity index (χ0n) is 13.0. The van der Waals surface area contributed by atoms with Crippen molar-refractivity contribution in [3.63, 3.8) is 0 Å². The van der Waals surface area contributed by atoms with Gasteiger partial charge in [0.25, 0.3) is 6.01 Å². The molecule has 1 aliphatic heterocycles. The summed E-state index contributed by atoms with van der Waals surface area (Å²) < 4.78 is 5.64. The Kier molecular flexibility index (Phi) is 4.04. The summed E-state index contributed by atoms with van der Waals surface area (Å²) in [6.45, 7) is 0.901. The minimum atomic E-state index is -0.767. The monoisotopic (exact) mass is 343 g/mol. The molecule has 4 rings (SSSR count). The molecule has 0 radical (unpaired) electrons. The standard InChI is InChI=1S/C18H18ClN3O2/c19-12-7-9-13(10-8-12)22-11-3-5-15(22)17(23)21-18-20-14-4-1-2-6-16(14)24-18/h1-2,4,6-10,15,17,23H,3,5,11H2,(H,20,21)/t15-,17?/m0/s1. The van der Waals surface area contributed by atoms with Crippen LogP contribution in [0.5, 0.6) is 0 Å². The molecule has 0 saturated carbocycles. The summed E-state index contributed by atoms with van der Waals surface area (Å²) in [7, 11) is 0. The first-order valence-electron chi connectivity index (χ1n) is 8.03. The predicted molar refractivity (Wildman–Crippen MR) is 95.5 cm³/mol. The molecule has 1 aliphatic rings. The van der Waals surface area contributed by atoms with E-state index in [1.165, 1.54) is 0 Å². The number of anilines is 2. The van der Waals surface area contributed by atoms with Crippen molar-refractivity contribution >= 4 is 34.4 Å². The van der Waals surface area contributed by atoms with Crippen LogP contribution in [0.25, 0.3) is 11.1 Å². The number of aliphatic hydroxyl groups is 1. The Morgan fingerprint density at radius 1 is 1.21 bits per heavy atom. The lowest BCUT2D eigenvalue weighted by molar-refractivity contribution is 0.169. The molecule has 5 nitrogen and oxygen atoms in total. The van der Waals surface area contributed by atoms with Gasteiger partial charge in [-0.15, -0.1) is 0 Å². The van der Waals surface area contributed by atoms with Gasteiger partial charge >= 0.3 is 0 Å². The summed E-state index contributed by atoms with van der Waals surface area (Å²) in [5.74, 6) is 0. The van der Waals surface area contributed by atoms with Crippen molar-refractivity contribution in [1.29, 1.82) is 0 Å². The lowest BCUT2D eigenvalue weighted by atomic mass is 10.2. The molecule has 1 unspecified atom stereocenters. The minimum Gasteiger partial charge on any atom is -0.424 e. The highest BCUT2D eigenvalue weighted by molar-refractivity contribution is 6.30. The van der Waals surface area contributed by atoms with E-state index in [4.69, 9.17) is 16.0 Å². The van der Waals surface area contributed by atoms with Gasteiger partial charge in [0, 0.05) is 17.3 Å². The Morgan fingerprint density at radius 2 is 2.00 bits per heavy atom. The third kappa shape index (κ3) is 2.92. The number of para-hydroxylation sites is 2. The number of halogens is 1. The van der Waals surface area contributed by atoms with Crippen LogP contribution in [0.3, 0.4) is 0 Å². The molecular formula is C18H18ClN3O2. The first kappa shape index (κ1) is 15.3. The Morgan fingerprint density at radius 3 is 2.79 bits per heavy atom. The maximum atomic E-state index is 10.6. The molecule has 0 spiro atoms. The van der Waals surface area contributed by atoms with E-state index in [9.17, 15) is 5.11 Å². The molecule has 2 atom stereocenters. The summed E-state index contributed by atoms with van der Waals surface area (Å²) in [6.07, 6.45) is 1.16. The summed E-state index contributed by atoms with van der Waals surface area (Å²) in [6, 6.07) is 15.5. The number of benzene rings is 2. The van der Waals surface area contributed by atoms with Crippen molar-refractivity contribution < 1.29 is 9.52 Å². The normalized spacial score (nSPS) is 18.9. The van der Waals surface area contributed by atoms with E-state index in [2.05, 4.69) is 15.2 Å². The quantitative estimate of drug-likeness (QED) is 0.704. The average molecular weight is 344 g/mol. The number of aliphatic hydroxyl groups excluding tert-OH is 1. The number of hydrogen-bond acceptors (Lipinski definition) is 5. The van der Waals surface area contributed by atoms with Crippen molar-refractivity contribution in [3.05, 3.63) is 53.6 Å². The van der Waals surface area contributed by atoms with E-state index in [0.29, 0.717) is 16.6 Å². The van der Waals surface area contributed by atoms with Crippen LogP contribution >= 0.6 is 11.6 Å². The maximum absolute atomic E-state index is 10.6. The highest BCUT2D eigenvalue weighted by Gasteiger charge is 2.31. The molecule has 2 aromatic carbocycles. The number of nitrogens with one attached hydrogen (secondary N) is 1. The summed E-state index contributed by atoms with van der Waals surface area (Å²) in [4.78, 5) is 6.55. The second-order valence-electron chi connectivity index (χ2n) is 5.96. The molecule has 1 aromatic heterocycles. The van der Waals surface area contributed by atoms with Crippen LogP contribution < -0.4 is 10.2 Å². The van der Waals surface area contributed by atoms with Gasteiger partial charge in [-0.05, 0) is 49.2 Å². The summed E-state index contributed by atoms with van der Waals surface area (Å²) in [5, 5.41) is 14.3. The SMILES string of the molecule is OC(Nc1nc2ccccc2o1)[C@@H]1CCCN1c1ccc(Cl)cc1. The molecule has 2 heterocycles. The van der Waals surface area contributed by atoms with Crippen molar-refractivity contribution in [2.75, 3.05) is 16.8 Å². The molecule has 1 fully saturated rings. The molecule has 0 amide bonds. The van der Waals surface area contributed by atoms with Crippen molar-refractivity contribution in [3.8, 4) is 0 Å². The van der Waals surface area contributed by atoms with Crippen LogP contribution in [-0.4, -0.2) is 28.9 Å². The number of rotatable bonds is 4. The summed E-state index contributed by atoms with van der Waals surface area (Å²) in [5.41, 5.74) is 2.53. The first-order chi connectivity index (χ1) is 11.7. The smallest absolute Gasteiger partial charge is 0.297 e. The number of nitrogens with zero attached hydrogens (tertiary/aromatic N) is 2. The number of fused-ring (bicyclic) bond motifs is 1. The Balaban J connectivity index is 1.52. The number of aromatic nitrogens is 1. The second kappa shape index (κ2) is 6.34. The fourth-order valence-electron chi connectivity index (χ4n) is 3.23. The van der Waals surface area contributed by atoms with Crippen molar-refractivity contribution in [1.82, 2.24) is 4.98 Å². The van der Waals surface area contributed by atoms with E-state index in [0.717, 1.165) is 30.6 Å². The third-order valence-electron chi connectivity index (χ3n) is 4.39. The Bertz CT molecular complexity index is 801. The topological polar surface area (TPSA) is 61.5 Å². The fraction of sp³-hybridized carbons (Fsp3) is 0.278. The molecule has 0 aliphatic carbocycles. The van der Waals surface area contributed by atoms with Crippen molar-refractivity contribution in [2.45, 2.75) is 25.1 Å². The highest BCUT2D eigenvalue weighted by atomic mass is 35.5. The lowest BCUT2D eigenvalue weighted by Gasteiger charge is -2.30. The van der Waals surface area contributed by atoms with Gasteiger partial charge in [-0.1, -0.05) is 23.7 Å². The number of oxazole rings is 1. The molecule has 1 saturated heterocycles. The molecular weight excluding hydrogens is 326 g/mol. The van der Waals surface area contributed by atoms with E-state index >= 15 is 0 Å². The molecule has 6 heteroatoms. The van der Waals surface area contributed by atoms with Gasteiger partial charge in [0.05, 0.1) is 6.04 Å². The third-order valence-corrected chi connectivity index (χ3v) is 4.64. The molecule has 124 valence electrons. The second-order valence-corrected chi connectivity index (χ2v) is 6.39. The fourth-order valence-corrected chi connectivity index (χ4v) is 3.36. The van der Waals surface area contributed by atoms with Gasteiger partial charge in [-0.3, -0.25) is 0 Å². The van der Waals surface area contributed by atoms with Gasteiger partial charge < -0.3 is 19.7 Å². The van der Waals surface area contributed by atoms with Gasteiger partial charge in [0.2, 0.25) is 0 Å². The first-order valence-corrected chi connectivity index (χ1v) is 8.41. The zero-order valence-corrected chi connectivity index (χ0v) is 13.8. The van der Waals surface area contributed by atoms with E-state index < -0.39 is 6.23 Å². The molecule has 3 aromatic rings. The molecule has 0 bridgehead atoms. The van der Waals surface area contributed by atoms with Crippen LogP contribution in [0.4, 0.5) is 11.7 Å². The Hall–Kier alpha value is -2.24. The number of hydrogen-bond donors (Lipinski definition) is 2. The largest absolute Gasteiger partial charge is 0.424 e. The van der Waals surface area contributed by atoms with Crippen LogP contribution in [0.1, 0.15) is 12.8 Å². The van der Waals surface area contributed by atoms with E-state index in [-0.39, 0.29) is 6.04 Å². The predicted octanol–water partition coefficient (Wildman–Crippen LogP) is 3.88. The van der Waals surface area contributed by atoms with Gasteiger partial charge in [0.15, 0.2) is 5.58 Å². The van der Waals surface area contributed by atoms with Crippen molar-refractivity contribution in [2.24, 2.45) is 0 Å². The van der Waals surface area contributed by atoms with E-state index in [1.807, 2.05) is 48.5 Å². The lowest BCUT2D eigenvalue weighted by Crippen LogP contribution is -2.43. The van der Waals surface area contributed by atoms with E-state index in [1.54, 1.807) is 0 Å². The summed E-state index contributed by atoms with van der Waals surface area (Å²) >= 11 is 5.96. The van der Waals surface area contributed by atoms with Crippen LogP contribution in [0, 0.1) is 0 Å².